The fourth-order valence-electron chi connectivity index (χ4n) is 1.83. The van der Waals surface area contributed by atoms with Crippen LogP contribution in [0.1, 0.15) is 6.92 Å². The van der Waals surface area contributed by atoms with E-state index in [9.17, 15) is 0 Å². The second-order valence-electron chi connectivity index (χ2n) is 4.14. The van der Waals surface area contributed by atoms with Crippen molar-refractivity contribution in [3.8, 4) is 0 Å². The Hall–Kier alpha value is -0.940. The molecule has 2 aromatic rings. The van der Waals surface area contributed by atoms with Crippen LogP contribution in [0.3, 0.4) is 0 Å². The third-order valence-corrected chi connectivity index (χ3v) is 3.64. The van der Waals surface area contributed by atoms with Gasteiger partial charge in [0, 0.05) is 12.7 Å². The van der Waals surface area contributed by atoms with Crippen LogP contribution in [0.4, 0.5) is 5.95 Å². The van der Waals surface area contributed by atoms with Crippen LogP contribution in [0.2, 0.25) is 5.02 Å². The predicted molar refractivity (Wildman–Crippen MR) is 74.5 cm³/mol. The Balaban J connectivity index is 2.36. The molecule has 0 bridgehead atoms. The lowest BCUT2D eigenvalue weighted by molar-refractivity contribution is 0.544. The molecule has 2 rings (SSSR count). The summed E-state index contributed by atoms with van der Waals surface area (Å²) < 4.78 is 1.95. The van der Waals surface area contributed by atoms with Gasteiger partial charge in [0.05, 0.1) is 5.02 Å². The van der Waals surface area contributed by atoms with Gasteiger partial charge in [-0.05, 0) is 24.0 Å². The summed E-state index contributed by atoms with van der Waals surface area (Å²) in [4.78, 5) is 8.57. The van der Waals surface area contributed by atoms with Crippen LogP contribution in [-0.2, 0) is 6.54 Å². The number of imidazole rings is 1. The second kappa shape index (κ2) is 5.14. The van der Waals surface area contributed by atoms with E-state index in [1.165, 1.54) is 0 Å². The standard InChI is InChI=1S/C11H15ClN4S/c1-7(6-17-2)5-16-10-9(15-11(16)13)3-8(12)4-14-10/h3-4,7H,5-6H2,1-2H3,(H2,13,15). The lowest BCUT2D eigenvalue weighted by Crippen LogP contribution is -2.12. The molecule has 0 amide bonds. The fraction of sp³-hybridized carbons (Fsp3) is 0.455. The van der Waals surface area contributed by atoms with Crippen LogP contribution < -0.4 is 5.73 Å². The van der Waals surface area contributed by atoms with E-state index >= 15 is 0 Å². The zero-order valence-electron chi connectivity index (χ0n) is 9.85. The number of halogens is 1. The first-order valence-electron chi connectivity index (χ1n) is 5.38. The number of anilines is 1. The van der Waals surface area contributed by atoms with E-state index in [4.69, 9.17) is 17.3 Å². The van der Waals surface area contributed by atoms with Crippen molar-refractivity contribution in [1.29, 1.82) is 0 Å². The van der Waals surface area contributed by atoms with Crippen LogP contribution in [0.15, 0.2) is 12.3 Å². The summed E-state index contributed by atoms with van der Waals surface area (Å²) in [6.45, 7) is 3.02. The number of nitrogens with zero attached hydrogens (tertiary/aromatic N) is 3. The second-order valence-corrected chi connectivity index (χ2v) is 5.48. The van der Waals surface area contributed by atoms with E-state index in [-0.39, 0.29) is 0 Å². The molecule has 1 unspecified atom stereocenters. The highest BCUT2D eigenvalue weighted by atomic mass is 35.5. The minimum absolute atomic E-state index is 0.503. The molecule has 6 heteroatoms. The lowest BCUT2D eigenvalue weighted by atomic mass is 10.2. The Morgan fingerprint density at radius 3 is 3.06 bits per heavy atom. The predicted octanol–water partition coefficient (Wildman–Crippen LogP) is 2.67. The van der Waals surface area contributed by atoms with Gasteiger partial charge in [0.25, 0.3) is 0 Å². The number of pyridine rings is 1. The molecule has 0 aromatic carbocycles. The van der Waals surface area contributed by atoms with Gasteiger partial charge >= 0.3 is 0 Å². The third kappa shape index (κ3) is 2.66. The van der Waals surface area contributed by atoms with Gasteiger partial charge < -0.3 is 5.73 Å². The van der Waals surface area contributed by atoms with Crippen molar-refractivity contribution in [2.75, 3.05) is 17.7 Å². The zero-order valence-corrected chi connectivity index (χ0v) is 11.4. The monoisotopic (exact) mass is 270 g/mol. The number of hydrogen-bond acceptors (Lipinski definition) is 4. The highest BCUT2D eigenvalue weighted by Crippen LogP contribution is 2.21. The van der Waals surface area contributed by atoms with Crippen LogP contribution in [0.5, 0.6) is 0 Å². The Kier molecular flexibility index (Phi) is 3.79. The Bertz CT molecular complexity index is 525. The zero-order chi connectivity index (χ0) is 12.4. The van der Waals surface area contributed by atoms with E-state index in [1.54, 1.807) is 12.3 Å². The van der Waals surface area contributed by atoms with Crippen molar-refractivity contribution in [2.24, 2.45) is 5.92 Å². The van der Waals surface area contributed by atoms with Crippen molar-refractivity contribution >= 4 is 40.5 Å². The maximum Gasteiger partial charge on any atom is 0.202 e. The summed E-state index contributed by atoms with van der Waals surface area (Å²) in [6, 6.07) is 1.79. The van der Waals surface area contributed by atoms with Gasteiger partial charge in [-0.3, -0.25) is 4.57 Å². The normalized spacial score (nSPS) is 13.1. The van der Waals surface area contributed by atoms with Crippen molar-refractivity contribution in [3.63, 3.8) is 0 Å². The van der Waals surface area contributed by atoms with Gasteiger partial charge in [-0.1, -0.05) is 18.5 Å². The third-order valence-electron chi connectivity index (χ3n) is 2.53. The molecule has 2 N–H and O–H groups in total. The molecule has 0 aliphatic heterocycles. The summed E-state index contributed by atoms with van der Waals surface area (Å²) in [6.07, 6.45) is 3.73. The van der Waals surface area contributed by atoms with Crippen LogP contribution in [0.25, 0.3) is 11.2 Å². The molecule has 0 spiro atoms. The molecule has 17 heavy (non-hydrogen) atoms. The first kappa shape index (κ1) is 12.5. The van der Waals surface area contributed by atoms with E-state index in [0.29, 0.717) is 16.9 Å². The highest BCUT2D eigenvalue weighted by molar-refractivity contribution is 7.98. The van der Waals surface area contributed by atoms with Crippen LogP contribution in [0, 0.1) is 5.92 Å². The Labute approximate surface area is 110 Å². The molecule has 1 atom stereocenters. The summed E-state index contributed by atoms with van der Waals surface area (Å²) in [5, 5.41) is 0.583. The van der Waals surface area contributed by atoms with Gasteiger partial charge in [-0.15, -0.1) is 0 Å². The summed E-state index contributed by atoms with van der Waals surface area (Å²) in [5.74, 6) is 2.12. The summed E-state index contributed by atoms with van der Waals surface area (Å²) in [7, 11) is 0. The number of nitrogens with two attached hydrogens (primary N) is 1. The molecule has 4 nitrogen and oxygen atoms in total. The number of thioether (sulfide) groups is 1. The maximum atomic E-state index is 5.91. The molecule has 0 saturated heterocycles. The number of aromatic nitrogens is 3. The van der Waals surface area contributed by atoms with E-state index < -0.39 is 0 Å². The molecule has 0 fully saturated rings. The Morgan fingerprint density at radius 2 is 2.35 bits per heavy atom. The first-order chi connectivity index (χ1) is 8.11. The van der Waals surface area contributed by atoms with Gasteiger partial charge in [0.1, 0.15) is 5.52 Å². The number of fused-ring (bicyclic) bond motifs is 1. The molecular formula is C11H15ClN4S. The van der Waals surface area contributed by atoms with Crippen molar-refractivity contribution in [1.82, 2.24) is 14.5 Å². The SMILES string of the molecule is CSCC(C)Cn1c(N)nc2cc(Cl)cnc21. The average molecular weight is 271 g/mol. The van der Waals surface area contributed by atoms with Gasteiger partial charge in [0.15, 0.2) is 5.65 Å². The topological polar surface area (TPSA) is 56.7 Å². The fourth-order valence-corrected chi connectivity index (χ4v) is 2.66. The van der Waals surface area contributed by atoms with Crippen molar-refractivity contribution in [2.45, 2.75) is 13.5 Å². The maximum absolute atomic E-state index is 5.91. The van der Waals surface area contributed by atoms with Gasteiger partial charge in [-0.25, -0.2) is 9.97 Å². The molecule has 2 heterocycles. The van der Waals surface area contributed by atoms with Crippen LogP contribution in [-0.4, -0.2) is 26.5 Å². The lowest BCUT2D eigenvalue weighted by Gasteiger charge is -2.12. The van der Waals surface area contributed by atoms with Crippen LogP contribution >= 0.6 is 23.4 Å². The average Bonchev–Trinajstić information content (AvgIpc) is 2.55. The minimum atomic E-state index is 0.503. The first-order valence-corrected chi connectivity index (χ1v) is 7.15. The van der Waals surface area contributed by atoms with Crippen molar-refractivity contribution in [3.05, 3.63) is 17.3 Å². The van der Waals surface area contributed by atoms with Gasteiger partial charge in [-0.2, -0.15) is 11.8 Å². The summed E-state index contributed by atoms with van der Waals surface area (Å²) in [5.41, 5.74) is 7.47. The van der Waals surface area contributed by atoms with E-state index in [1.807, 2.05) is 16.3 Å². The van der Waals surface area contributed by atoms with Gasteiger partial charge in [0.2, 0.25) is 5.95 Å². The van der Waals surface area contributed by atoms with E-state index in [2.05, 4.69) is 23.1 Å². The molecule has 2 aromatic heterocycles. The number of rotatable bonds is 4. The number of nitrogen functional groups attached to an aromatic ring is 1. The molecule has 92 valence electrons. The summed E-state index contributed by atoms with van der Waals surface area (Å²) >= 11 is 7.71. The quantitative estimate of drug-likeness (QED) is 0.928. The van der Waals surface area contributed by atoms with Crippen molar-refractivity contribution < 1.29 is 0 Å². The molecule has 0 radical (unpaired) electrons. The number of hydrogen-bond donors (Lipinski definition) is 1. The molecular weight excluding hydrogens is 256 g/mol. The highest BCUT2D eigenvalue weighted by Gasteiger charge is 2.12. The molecule has 0 saturated carbocycles. The van der Waals surface area contributed by atoms with E-state index in [0.717, 1.165) is 23.5 Å². The largest absolute Gasteiger partial charge is 0.369 e. The molecule has 0 aliphatic carbocycles. The smallest absolute Gasteiger partial charge is 0.202 e. The minimum Gasteiger partial charge on any atom is -0.369 e. The Morgan fingerprint density at radius 1 is 1.59 bits per heavy atom. The molecule has 0 aliphatic rings.